The molecule has 4 aromatic heterocycles. The number of carbonyl (C=O) groups is 1. The third-order valence-electron chi connectivity index (χ3n) is 4.94. The number of ether oxygens (including phenoxy) is 1. The number of nitrogens with one attached hydrogen (secondary N) is 3. The van der Waals surface area contributed by atoms with E-state index < -0.39 is 5.97 Å². The summed E-state index contributed by atoms with van der Waals surface area (Å²) in [6.45, 7) is 3.28. The lowest BCUT2D eigenvalue weighted by atomic mass is 10.2. The van der Waals surface area contributed by atoms with Gasteiger partial charge >= 0.3 is 5.97 Å². The first-order valence-electron chi connectivity index (χ1n) is 10.6. The summed E-state index contributed by atoms with van der Waals surface area (Å²) >= 11 is 0. The van der Waals surface area contributed by atoms with Crippen LogP contribution in [0.4, 0.5) is 23.4 Å². The van der Waals surface area contributed by atoms with Gasteiger partial charge in [0.15, 0.2) is 5.82 Å². The van der Waals surface area contributed by atoms with Crippen molar-refractivity contribution in [2.45, 2.75) is 13.0 Å². The number of rotatable bonds is 7. The molecule has 4 aromatic rings. The van der Waals surface area contributed by atoms with Gasteiger partial charge in [0.2, 0.25) is 5.95 Å². The molecule has 1 aliphatic rings. The molecule has 0 radical (unpaired) electrons. The maximum atomic E-state index is 12.1. The van der Waals surface area contributed by atoms with Crippen LogP contribution in [-0.2, 0) is 4.74 Å². The average molecular weight is 455 g/mol. The Morgan fingerprint density at radius 1 is 0.912 bits per heavy atom. The van der Waals surface area contributed by atoms with Crippen LogP contribution < -0.4 is 16.0 Å². The van der Waals surface area contributed by atoms with Gasteiger partial charge in [-0.05, 0) is 43.3 Å². The van der Waals surface area contributed by atoms with E-state index in [0.29, 0.717) is 53.6 Å². The van der Waals surface area contributed by atoms with E-state index in [2.05, 4.69) is 45.9 Å². The van der Waals surface area contributed by atoms with Gasteiger partial charge in [0, 0.05) is 37.4 Å². The van der Waals surface area contributed by atoms with Crippen LogP contribution in [0.2, 0.25) is 0 Å². The van der Waals surface area contributed by atoms with Crippen LogP contribution in [0.3, 0.4) is 0 Å². The minimum atomic E-state index is -0.391. The van der Waals surface area contributed by atoms with Gasteiger partial charge < -0.3 is 20.7 Å². The largest absolute Gasteiger partial charge is 0.456 e. The Kier molecular flexibility index (Phi) is 5.99. The van der Waals surface area contributed by atoms with Gasteiger partial charge in [0.25, 0.3) is 0 Å². The molecule has 170 valence electrons. The van der Waals surface area contributed by atoms with Gasteiger partial charge in [0.05, 0.1) is 5.56 Å². The van der Waals surface area contributed by atoms with E-state index in [1.807, 2.05) is 25.1 Å². The van der Waals surface area contributed by atoms with Crippen molar-refractivity contribution in [1.29, 1.82) is 0 Å². The van der Waals surface area contributed by atoms with Crippen LogP contribution in [-0.4, -0.2) is 55.1 Å². The topological polar surface area (TPSA) is 140 Å². The molecule has 5 heterocycles. The molecule has 1 fully saturated rings. The molecule has 11 nitrogen and oxygen atoms in total. The quantitative estimate of drug-likeness (QED) is 0.354. The number of anilines is 4. The highest BCUT2D eigenvalue weighted by Crippen LogP contribution is 2.18. The number of hydrogen-bond donors (Lipinski definition) is 3. The second-order valence-corrected chi connectivity index (χ2v) is 7.56. The summed E-state index contributed by atoms with van der Waals surface area (Å²) in [4.78, 5) is 38.3. The predicted molar refractivity (Wildman–Crippen MR) is 125 cm³/mol. The Bertz CT molecular complexity index is 1310. The summed E-state index contributed by atoms with van der Waals surface area (Å²) in [5.74, 6) is 2.06. The number of esters is 1. The average Bonchev–Trinajstić information content (AvgIpc) is 2.82. The van der Waals surface area contributed by atoms with Crippen molar-refractivity contribution in [2.24, 2.45) is 0 Å². The first-order chi connectivity index (χ1) is 16.6. The normalized spacial score (nSPS) is 13.1. The van der Waals surface area contributed by atoms with E-state index in [1.165, 1.54) is 6.20 Å². The van der Waals surface area contributed by atoms with Gasteiger partial charge in [-0.1, -0.05) is 6.07 Å². The molecule has 0 saturated carbocycles. The van der Waals surface area contributed by atoms with Crippen LogP contribution in [0.15, 0.2) is 61.1 Å². The van der Waals surface area contributed by atoms with E-state index in [4.69, 9.17) is 4.74 Å². The number of aryl methyl sites for hydroxylation is 1. The smallest absolute Gasteiger partial charge is 0.340 e. The minimum absolute atomic E-state index is 0.0759. The van der Waals surface area contributed by atoms with E-state index in [9.17, 15) is 4.79 Å². The zero-order chi connectivity index (χ0) is 23.3. The monoisotopic (exact) mass is 455 g/mol. The summed E-state index contributed by atoms with van der Waals surface area (Å²) in [5.41, 5.74) is 1.97. The molecule has 1 aliphatic heterocycles. The van der Waals surface area contributed by atoms with E-state index >= 15 is 0 Å². The molecule has 0 bridgehead atoms. The minimum Gasteiger partial charge on any atom is -0.456 e. The molecule has 11 heteroatoms. The highest BCUT2D eigenvalue weighted by atomic mass is 16.5. The summed E-state index contributed by atoms with van der Waals surface area (Å²) in [6, 6.07) is 12.5. The second-order valence-electron chi connectivity index (χ2n) is 7.56. The molecule has 0 amide bonds. The second kappa shape index (κ2) is 9.55. The zero-order valence-electron chi connectivity index (χ0n) is 18.3. The fraction of sp³-hybridized carbons (Fsp3) is 0.174. The maximum absolute atomic E-state index is 12.1. The highest BCUT2D eigenvalue weighted by Gasteiger charge is 2.22. The van der Waals surface area contributed by atoms with Crippen molar-refractivity contribution in [3.63, 3.8) is 0 Å². The summed E-state index contributed by atoms with van der Waals surface area (Å²) in [6.07, 6.45) is 4.65. The Morgan fingerprint density at radius 3 is 2.47 bits per heavy atom. The van der Waals surface area contributed by atoms with Crippen molar-refractivity contribution >= 4 is 29.4 Å². The van der Waals surface area contributed by atoms with Crippen molar-refractivity contribution in [3.8, 4) is 11.5 Å². The molecule has 5 rings (SSSR count). The summed E-state index contributed by atoms with van der Waals surface area (Å²) in [5, 5.41) is 9.23. The van der Waals surface area contributed by atoms with E-state index in [-0.39, 0.29) is 6.10 Å². The van der Waals surface area contributed by atoms with E-state index in [1.54, 1.807) is 36.7 Å². The van der Waals surface area contributed by atoms with Gasteiger partial charge in [0.1, 0.15) is 29.3 Å². The van der Waals surface area contributed by atoms with Crippen molar-refractivity contribution < 1.29 is 9.53 Å². The van der Waals surface area contributed by atoms with Crippen LogP contribution in [0, 0.1) is 6.92 Å². The van der Waals surface area contributed by atoms with Gasteiger partial charge in [-0.2, -0.15) is 4.98 Å². The molecule has 0 aliphatic carbocycles. The highest BCUT2D eigenvalue weighted by molar-refractivity contribution is 5.89. The Hall–Kier alpha value is -4.51. The number of carbonyl (C=O) groups excluding carboxylic acids is 1. The molecule has 0 unspecified atom stereocenters. The van der Waals surface area contributed by atoms with Crippen molar-refractivity contribution in [2.75, 3.05) is 23.7 Å². The Balaban J connectivity index is 1.25. The first kappa shape index (κ1) is 21.3. The van der Waals surface area contributed by atoms with Crippen molar-refractivity contribution in [3.05, 3.63) is 72.3 Å². The van der Waals surface area contributed by atoms with Crippen LogP contribution >= 0.6 is 0 Å². The molecule has 0 spiro atoms. The van der Waals surface area contributed by atoms with Gasteiger partial charge in [-0.25, -0.2) is 29.7 Å². The number of nitrogens with zero attached hydrogens (tertiary/aromatic N) is 6. The number of hydrogen-bond acceptors (Lipinski definition) is 11. The number of aromatic nitrogens is 6. The summed E-state index contributed by atoms with van der Waals surface area (Å²) in [7, 11) is 0. The third kappa shape index (κ3) is 5.10. The molecule has 1 saturated heterocycles. The van der Waals surface area contributed by atoms with Crippen LogP contribution in [0.25, 0.3) is 11.5 Å². The fourth-order valence-electron chi connectivity index (χ4n) is 3.11. The third-order valence-corrected chi connectivity index (χ3v) is 4.94. The lowest BCUT2D eigenvalue weighted by Crippen LogP contribution is -2.49. The Labute approximate surface area is 195 Å². The van der Waals surface area contributed by atoms with E-state index in [0.717, 1.165) is 5.69 Å². The SMILES string of the molecule is Cc1cccc(-c2nccc(Nc3ccnc(Nc4ccc(C(=O)OC5CNC5)cn4)n3)n2)n1. The Morgan fingerprint density at radius 2 is 1.74 bits per heavy atom. The summed E-state index contributed by atoms with van der Waals surface area (Å²) < 4.78 is 5.34. The molecule has 34 heavy (non-hydrogen) atoms. The van der Waals surface area contributed by atoms with Gasteiger partial charge in [-0.3, -0.25) is 0 Å². The lowest BCUT2D eigenvalue weighted by molar-refractivity contribution is 0.0169. The molecule has 0 atom stereocenters. The van der Waals surface area contributed by atoms with Crippen molar-refractivity contribution in [1.82, 2.24) is 35.2 Å². The molecular formula is C23H21N9O2. The van der Waals surface area contributed by atoms with Crippen LogP contribution in [0.1, 0.15) is 16.1 Å². The molecule has 3 N–H and O–H groups in total. The fourth-order valence-corrected chi connectivity index (χ4v) is 3.11. The molecule has 0 aromatic carbocycles. The van der Waals surface area contributed by atoms with Gasteiger partial charge in [-0.15, -0.1) is 0 Å². The van der Waals surface area contributed by atoms with Crippen LogP contribution in [0.5, 0.6) is 0 Å². The maximum Gasteiger partial charge on any atom is 0.340 e. The lowest BCUT2D eigenvalue weighted by Gasteiger charge is -2.26. The first-order valence-corrected chi connectivity index (χ1v) is 10.6. The standard InChI is InChI=1S/C23H21N9O2/c1-14-3-2-4-17(28-14)21-25-9-7-19(30-21)29-20-8-10-26-23(32-20)31-18-6-5-15(11-27-18)22(33)34-16-12-24-13-16/h2-11,16,24H,12-13H2,1H3,(H2,25,26,27,29,30,31,32). The predicted octanol–water partition coefficient (Wildman–Crippen LogP) is 2.65. The molecular weight excluding hydrogens is 434 g/mol. The number of pyridine rings is 2. The zero-order valence-corrected chi connectivity index (χ0v) is 18.3.